The van der Waals surface area contributed by atoms with Crippen LogP contribution >= 0.6 is 0 Å². The predicted molar refractivity (Wildman–Crippen MR) is 62.2 cm³/mol. The Morgan fingerprint density at radius 2 is 2.10 bits per heavy atom. The molecule has 1 fully saturated rings. The SMILES string of the molecule is O=C(O)[C@@H]1CCCN1C(=O)c1cccn1CC(F)(F)F. The molecular formula is C12H13F3N2O3. The Morgan fingerprint density at radius 1 is 1.40 bits per heavy atom. The monoisotopic (exact) mass is 290 g/mol. The van der Waals surface area contributed by atoms with Crippen LogP contribution in [0.15, 0.2) is 18.3 Å². The second-order valence-electron chi connectivity index (χ2n) is 4.63. The molecule has 0 bridgehead atoms. The molecule has 20 heavy (non-hydrogen) atoms. The summed E-state index contributed by atoms with van der Waals surface area (Å²) < 4.78 is 38.0. The molecule has 8 heteroatoms. The summed E-state index contributed by atoms with van der Waals surface area (Å²) in [6.07, 6.45) is -2.43. The van der Waals surface area contributed by atoms with Crippen molar-refractivity contribution in [1.82, 2.24) is 9.47 Å². The zero-order valence-corrected chi connectivity index (χ0v) is 10.4. The van der Waals surface area contributed by atoms with E-state index in [0.29, 0.717) is 12.8 Å². The Kier molecular flexibility index (Phi) is 3.74. The standard InChI is InChI=1S/C12H13F3N2O3/c13-12(14,15)7-16-5-1-3-8(16)10(18)17-6-2-4-9(17)11(19)20/h1,3,5,9H,2,4,6-7H2,(H,19,20)/t9-/m0/s1. The van der Waals surface area contributed by atoms with E-state index in [1.165, 1.54) is 12.1 Å². The van der Waals surface area contributed by atoms with Crippen LogP contribution in [0.25, 0.3) is 0 Å². The highest BCUT2D eigenvalue weighted by Gasteiger charge is 2.36. The number of nitrogens with zero attached hydrogens (tertiary/aromatic N) is 2. The van der Waals surface area contributed by atoms with E-state index >= 15 is 0 Å². The number of aliphatic carboxylic acids is 1. The summed E-state index contributed by atoms with van der Waals surface area (Å²) >= 11 is 0. The fourth-order valence-corrected chi connectivity index (χ4v) is 2.35. The van der Waals surface area contributed by atoms with E-state index in [9.17, 15) is 22.8 Å². The lowest BCUT2D eigenvalue weighted by Gasteiger charge is -2.22. The highest BCUT2D eigenvalue weighted by molar-refractivity contribution is 5.95. The number of carbonyl (C=O) groups is 2. The Bertz CT molecular complexity index is 524. The number of amides is 1. The van der Waals surface area contributed by atoms with Crippen LogP contribution in [0.4, 0.5) is 13.2 Å². The smallest absolute Gasteiger partial charge is 0.406 e. The third-order valence-electron chi connectivity index (χ3n) is 3.20. The van der Waals surface area contributed by atoms with Crippen molar-refractivity contribution in [2.45, 2.75) is 31.6 Å². The van der Waals surface area contributed by atoms with Crippen LogP contribution < -0.4 is 0 Å². The highest BCUT2D eigenvalue weighted by Crippen LogP contribution is 2.23. The summed E-state index contributed by atoms with van der Waals surface area (Å²) in [5.41, 5.74) is -0.143. The van der Waals surface area contributed by atoms with E-state index < -0.39 is 30.6 Å². The maximum absolute atomic E-state index is 12.4. The number of carbonyl (C=O) groups excluding carboxylic acids is 1. The summed E-state index contributed by atoms with van der Waals surface area (Å²) in [6.45, 7) is -1.03. The van der Waals surface area contributed by atoms with Gasteiger partial charge in [0, 0.05) is 12.7 Å². The number of likely N-dealkylation sites (tertiary alicyclic amines) is 1. The van der Waals surface area contributed by atoms with Crippen molar-refractivity contribution >= 4 is 11.9 Å². The molecule has 1 N–H and O–H groups in total. The van der Waals surface area contributed by atoms with Gasteiger partial charge in [-0.2, -0.15) is 13.2 Å². The minimum Gasteiger partial charge on any atom is -0.480 e. The van der Waals surface area contributed by atoms with E-state index in [-0.39, 0.29) is 12.2 Å². The predicted octanol–water partition coefficient (Wildman–Crippen LogP) is 1.74. The molecule has 0 aliphatic carbocycles. The zero-order chi connectivity index (χ0) is 14.9. The van der Waals surface area contributed by atoms with E-state index in [4.69, 9.17) is 5.11 Å². The van der Waals surface area contributed by atoms with Crippen molar-refractivity contribution in [2.75, 3.05) is 6.54 Å². The van der Waals surface area contributed by atoms with Crippen LogP contribution in [0, 0.1) is 0 Å². The minimum absolute atomic E-state index is 0.143. The normalized spacial score (nSPS) is 19.4. The van der Waals surface area contributed by atoms with Crippen molar-refractivity contribution in [3.8, 4) is 0 Å². The largest absolute Gasteiger partial charge is 0.480 e. The number of alkyl halides is 3. The summed E-state index contributed by atoms with van der Waals surface area (Å²) in [6, 6.07) is 1.65. The Hall–Kier alpha value is -1.99. The molecule has 0 radical (unpaired) electrons. The quantitative estimate of drug-likeness (QED) is 0.922. The number of rotatable bonds is 3. The third-order valence-corrected chi connectivity index (χ3v) is 3.20. The Morgan fingerprint density at radius 3 is 2.70 bits per heavy atom. The number of halogens is 3. The van der Waals surface area contributed by atoms with Gasteiger partial charge in [-0.3, -0.25) is 4.79 Å². The van der Waals surface area contributed by atoms with E-state index in [0.717, 1.165) is 15.7 Å². The molecule has 110 valence electrons. The van der Waals surface area contributed by atoms with Gasteiger partial charge in [-0.15, -0.1) is 0 Å². The van der Waals surface area contributed by atoms with Gasteiger partial charge >= 0.3 is 12.1 Å². The van der Waals surface area contributed by atoms with Crippen LogP contribution in [0.3, 0.4) is 0 Å². The van der Waals surface area contributed by atoms with Gasteiger partial charge in [0.05, 0.1) is 0 Å². The first-order valence-corrected chi connectivity index (χ1v) is 6.05. The van der Waals surface area contributed by atoms with Gasteiger partial charge in [0.1, 0.15) is 18.3 Å². The van der Waals surface area contributed by atoms with E-state index in [2.05, 4.69) is 0 Å². The van der Waals surface area contributed by atoms with Crippen molar-refractivity contribution in [1.29, 1.82) is 0 Å². The van der Waals surface area contributed by atoms with Gasteiger partial charge in [-0.1, -0.05) is 0 Å². The van der Waals surface area contributed by atoms with Crippen LogP contribution in [0.1, 0.15) is 23.3 Å². The lowest BCUT2D eigenvalue weighted by atomic mass is 10.2. The van der Waals surface area contributed by atoms with Crippen molar-refractivity contribution in [3.63, 3.8) is 0 Å². The molecule has 0 spiro atoms. The van der Waals surface area contributed by atoms with Crippen LogP contribution in [0.5, 0.6) is 0 Å². The first-order valence-electron chi connectivity index (χ1n) is 6.05. The molecular weight excluding hydrogens is 277 g/mol. The maximum Gasteiger partial charge on any atom is 0.406 e. The van der Waals surface area contributed by atoms with Gasteiger partial charge in [0.2, 0.25) is 0 Å². The van der Waals surface area contributed by atoms with Gasteiger partial charge in [-0.05, 0) is 25.0 Å². The Labute approximate surface area is 112 Å². The molecule has 2 rings (SSSR count). The molecule has 0 saturated carbocycles. The first-order chi connectivity index (χ1) is 9.29. The summed E-state index contributed by atoms with van der Waals surface area (Å²) in [5, 5.41) is 9.01. The molecule has 1 atom stereocenters. The van der Waals surface area contributed by atoms with Crippen LogP contribution in [0.2, 0.25) is 0 Å². The maximum atomic E-state index is 12.4. The third kappa shape index (κ3) is 2.94. The van der Waals surface area contributed by atoms with Crippen LogP contribution in [-0.2, 0) is 11.3 Å². The van der Waals surface area contributed by atoms with Gasteiger partial charge < -0.3 is 14.6 Å². The summed E-state index contributed by atoms with van der Waals surface area (Å²) in [5.74, 6) is -1.81. The fourth-order valence-electron chi connectivity index (χ4n) is 2.35. The number of carboxylic acid groups (broad SMARTS) is 1. The molecule has 1 amide bonds. The van der Waals surface area contributed by atoms with Crippen LogP contribution in [-0.4, -0.2) is 45.2 Å². The highest BCUT2D eigenvalue weighted by atomic mass is 19.4. The lowest BCUT2D eigenvalue weighted by Crippen LogP contribution is -2.41. The van der Waals surface area contributed by atoms with E-state index in [1.54, 1.807) is 0 Å². The fraction of sp³-hybridized carbons (Fsp3) is 0.500. The summed E-state index contributed by atoms with van der Waals surface area (Å²) in [7, 11) is 0. The molecule has 2 heterocycles. The average Bonchev–Trinajstić information content (AvgIpc) is 2.93. The number of hydrogen-bond acceptors (Lipinski definition) is 2. The molecule has 1 aliphatic heterocycles. The number of aromatic nitrogens is 1. The number of hydrogen-bond donors (Lipinski definition) is 1. The van der Waals surface area contributed by atoms with Crippen molar-refractivity contribution in [2.24, 2.45) is 0 Å². The molecule has 0 unspecified atom stereocenters. The van der Waals surface area contributed by atoms with Gasteiger partial charge in [-0.25, -0.2) is 4.79 Å². The zero-order valence-electron chi connectivity index (χ0n) is 10.4. The topological polar surface area (TPSA) is 62.5 Å². The molecule has 1 aromatic rings. The molecule has 0 aromatic carbocycles. The van der Waals surface area contributed by atoms with Gasteiger partial charge in [0.25, 0.3) is 5.91 Å². The van der Waals surface area contributed by atoms with Crippen molar-refractivity contribution < 1.29 is 27.9 Å². The number of carboxylic acids is 1. The molecule has 1 aromatic heterocycles. The lowest BCUT2D eigenvalue weighted by molar-refractivity contribution is -0.142. The van der Waals surface area contributed by atoms with E-state index in [1.807, 2.05) is 0 Å². The van der Waals surface area contributed by atoms with Gasteiger partial charge in [0.15, 0.2) is 0 Å². The molecule has 1 aliphatic rings. The molecule has 5 nitrogen and oxygen atoms in total. The first kappa shape index (κ1) is 14.4. The average molecular weight is 290 g/mol. The molecule has 1 saturated heterocycles. The second kappa shape index (κ2) is 5.18. The summed E-state index contributed by atoms with van der Waals surface area (Å²) in [4.78, 5) is 24.3. The Balaban J connectivity index is 2.22. The van der Waals surface area contributed by atoms with Crippen molar-refractivity contribution in [3.05, 3.63) is 24.0 Å². The second-order valence-corrected chi connectivity index (χ2v) is 4.63. The minimum atomic E-state index is -4.44.